The SMILES string of the molecule is CC1CC(C(C)(O)C2C(O)CC3C4CC5OC56C(O)C=CC(=O)C6(C)C4CCC32C)OC(=O)C1C. The van der Waals surface area contributed by atoms with Gasteiger partial charge in [-0.25, -0.2) is 0 Å². The molecule has 2 heterocycles. The Kier molecular flexibility index (Phi) is 4.94. The lowest BCUT2D eigenvalue weighted by Crippen LogP contribution is -2.64. The molecule has 3 N–H and O–H groups in total. The van der Waals surface area contributed by atoms with Crippen LogP contribution in [-0.4, -0.2) is 62.7 Å². The second-order valence-electron chi connectivity index (χ2n) is 13.4. The Labute approximate surface area is 207 Å². The molecule has 2 saturated heterocycles. The first-order valence-corrected chi connectivity index (χ1v) is 13.5. The standard InChI is InChI=1S/C28H40O7/c1-13-10-21(34-24(32)14(13)2)27(5,33)23-18(29)12-17-15-11-22-28(35-22)20(31)7-6-19(30)26(28,4)16(15)8-9-25(17,23)3/h6-7,13-18,20-23,29,31,33H,8-12H2,1-5H3. The molecule has 5 fully saturated rings. The maximum Gasteiger partial charge on any atom is 0.309 e. The number of allylic oxidation sites excluding steroid dienone is 1. The van der Waals surface area contributed by atoms with Gasteiger partial charge in [0.2, 0.25) is 0 Å². The minimum Gasteiger partial charge on any atom is -0.459 e. The summed E-state index contributed by atoms with van der Waals surface area (Å²) in [6.07, 6.45) is 4.19. The Morgan fingerprint density at radius 1 is 1.09 bits per heavy atom. The number of ether oxygens (including phenoxy) is 2. The maximum absolute atomic E-state index is 13.3. The number of epoxide rings is 1. The summed E-state index contributed by atoms with van der Waals surface area (Å²) in [6.45, 7) is 9.77. The molecule has 6 aliphatic rings. The van der Waals surface area contributed by atoms with E-state index in [0.29, 0.717) is 12.8 Å². The molecule has 0 aromatic heterocycles. The summed E-state index contributed by atoms with van der Waals surface area (Å²) in [6, 6.07) is 0. The number of aliphatic hydroxyl groups is 3. The third-order valence-electron chi connectivity index (χ3n) is 12.0. The lowest BCUT2D eigenvalue weighted by Gasteiger charge is -2.59. The van der Waals surface area contributed by atoms with Crippen LogP contribution in [0.25, 0.3) is 0 Å². The molecule has 0 aromatic rings. The first-order chi connectivity index (χ1) is 16.3. The van der Waals surface area contributed by atoms with Crippen molar-refractivity contribution in [1.29, 1.82) is 0 Å². The van der Waals surface area contributed by atoms with Crippen LogP contribution < -0.4 is 0 Å². The van der Waals surface area contributed by atoms with Crippen molar-refractivity contribution in [3.05, 3.63) is 12.2 Å². The summed E-state index contributed by atoms with van der Waals surface area (Å²) in [5.41, 5.74) is -3.33. The van der Waals surface area contributed by atoms with Crippen LogP contribution in [0.3, 0.4) is 0 Å². The number of aliphatic hydroxyl groups excluding tert-OH is 2. The lowest BCUT2D eigenvalue weighted by atomic mass is 9.44. The molecule has 7 heteroatoms. The van der Waals surface area contributed by atoms with Crippen molar-refractivity contribution in [2.24, 2.45) is 46.3 Å². The van der Waals surface area contributed by atoms with Gasteiger partial charge in [0, 0.05) is 5.92 Å². The number of rotatable bonds is 2. The van der Waals surface area contributed by atoms with Crippen molar-refractivity contribution in [2.45, 2.75) is 102 Å². The van der Waals surface area contributed by atoms with Gasteiger partial charge < -0.3 is 24.8 Å². The largest absolute Gasteiger partial charge is 0.459 e. The highest BCUT2D eigenvalue weighted by Crippen LogP contribution is 2.73. The number of ketones is 1. The zero-order chi connectivity index (χ0) is 25.3. The van der Waals surface area contributed by atoms with E-state index in [-0.39, 0.29) is 52.9 Å². The third kappa shape index (κ3) is 2.76. The molecule has 0 amide bonds. The molecule has 35 heavy (non-hydrogen) atoms. The molecule has 14 atom stereocenters. The fourth-order valence-corrected chi connectivity index (χ4v) is 9.89. The van der Waals surface area contributed by atoms with E-state index in [1.807, 2.05) is 20.8 Å². The van der Waals surface area contributed by atoms with Crippen LogP contribution in [0, 0.1) is 46.3 Å². The number of hydrogen-bond donors (Lipinski definition) is 3. The molecule has 6 rings (SSSR count). The van der Waals surface area contributed by atoms with E-state index in [4.69, 9.17) is 9.47 Å². The summed E-state index contributed by atoms with van der Waals surface area (Å²) < 4.78 is 11.9. The van der Waals surface area contributed by atoms with Crippen LogP contribution in [0.1, 0.15) is 66.7 Å². The number of cyclic esters (lactones) is 1. The molecular formula is C28H40O7. The average Bonchev–Trinajstić information content (AvgIpc) is 3.45. The fraction of sp³-hybridized carbons (Fsp3) is 0.857. The Bertz CT molecular complexity index is 990. The Morgan fingerprint density at radius 3 is 2.49 bits per heavy atom. The minimum atomic E-state index is -1.36. The molecule has 0 aromatic carbocycles. The highest BCUT2D eigenvalue weighted by atomic mass is 16.6. The molecule has 14 unspecified atom stereocenters. The maximum atomic E-state index is 13.3. The smallest absolute Gasteiger partial charge is 0.309 e. The monoisotopic (exact) mass is 488 g/mol. The number of hydrogen-bond acceptors (Lipinski definition) is 7. The number of carbonyl (C=O) groups excluding carboxylic acids is 2. The van der Waals surface area contributed by atoms with E-state index in [2.05, 4.69) is 6.92 Å². The second kappa shape index (κ2) is 7.18. The normalized spacial score (nSPS) is 58.4. The fourth-order valence-electron chi connectivity index (χ4n) is 9.89. The second-order valence-corrected chi connectivity index (χ2v) is 13.4. The van der Waals surface area contributed by atoms with E-state index >= 15 is 0 Å². The van der Waals surface area contributed by atoms with Crippen molar-refractivity contribution in [1.82, 2.24) is 0 Å². The van der Waals surface area contributed by atoms with Crippen molar-refractivity contribution in [3.8, 4) is 0 Å². The van der Waals surface area contributed by atoms with Crippen LogP contribution >= 0.6 is 0 Å². The molecule has 194 valence electrons. The summed E-state index contributed by atoms with van der Waals surface area (Å²) in [5, 5.41) is 34.2. The van der Waals surface area contributed by atoms with Crippen LogP contribution in [0.15, 0.2) is 12.2 Å². The molecule has 3 saturated carbocycles. The molecule has 1 spiro atoms. The highest BCUT2D eigenvalue weighted by Gasteiger charge is 2.80. The molecule has 7 nitrogen and oxygen atoms in total. The minimum absolute atomic E-state index is 0.0305. The van der Waals surface area contributed by atoms with Crippen LogP contribution in [-0.2, 0) is 19.1 Å². The number of fused-ring (bicyclic) bond motifs is 4. The van der Waals surface area contributed by atoms with E-state index in [0.717, 1.165) is 19.3 Å². The Balaban J connectivity index is 1.33. The van der Waals surface area contributed by atoms with Gasteiger partial charge in [-0.1, -0.05) is 20.8 Å². The summed E-state index contributed by atoms with van der Waals surface area (Å²) in [5.74, 6) is -0.472. The predicted molar refractivity (Wildman–Crippen MR) is 126 cm³/mol. The van der Waals surface area contributed by atoms with E-state index in [1.165, 1.54) is 6.08 Å². The van der Waals surface area contributed by atoms with Gasteiger partial charge in [-0.3, -0.25) is 9.59 Å². The average molecular weight is 489 g/mol. The van der Waals surface area contributed by atoms with E-state index in [9.17, 15) is 24.9 Å². The molecule has 2 aliphatic heterocycles. The quantitative estimate of drug-likeness (QED) is 0.404. The zero-order valence-electron chi connectivity index (χ0n) is 21.4. The predicted octanol–water partition coefficient (Wildman–Crippen LogP) is 2.40. The zero-order valence-corrected chi connectivity index (χ0v) is 21.4. The van der Waals surface area contributed by atoms with Gasteiger partial charge in [0.15, 0.2) is 5.78 Å². The van der Waals surface area contributed by atoms with Crippen molar-refractivity contribution < 1.29 is 34.4 Å². The first-order valence-electron chi connectivity index (χ1n) is 13.5. The lowest BCUT2D eigenvalue weighted by molar-refractivity contribution is -0.209. The van der Waals surface area contributed by atoms with Crippen molar-refractivity contribution in [3.63, 3.8) is 0 Å². The van der Waals surface area contributed by atoms with Crippen molar-refractivity contribution in [2.75, 3.05) is 0 Å². The van der Waals surface area contributed by atoms with Crippen molar-refractivity contribution >= 4 is 11.8 Å². The van der Waals surface area contributed by atoms with Gasteiger partial charge in [0.05, 0.1) is 23.5 Å². The molecule has 4 aliphatic carbocycles. The topological polar surface area (TPSA) is 117 Å². The summed E-state index contributed by atoms with van der Waals surface area (Å²) in [4.78, 5) is 25.8. The summed E-state index contributed by atoms with van der Waals surface area (Å²) >= 11 is 0. The highest BCUT2D eigenvalue weighted by molar-refractivity contribution is 5.98. The Hall–Kier alpha value is -1.28. The number of esters is 1. The van der Waals surface area contributed by atoms with Gasteiger partial charge in [-0.15, -0.1) is 0 Å². The molecular weight excluding hydrogens is 448 g/mol. The molecule has 0 radical (unpaired) electrons. The van der Waals surface area contributed by atoms with Gasteiger partial charge in [0.25, 0.3) is 0 Å². The van der Waals surface area contributed by atoms with Crippen LogP contribution in [0.2, 0.25) is 0 Å². The Morgan fingerprint density at radius 2 is 1.80 bits per heavy atom. The first kappa shape index (κ1) is 24.1. The van der Waals surface area contributed by atoms with Gasteiger partial charge in [-0.05, 0) is 87.2 Å². The third-order valence-corrected chi connectivity index (χ3v) is 12.0. The van der Waals surface area contributed by atoms with Gasteiger partial charge >= 0.3 is 5.97 Å². The van der Waals surface area contributed by atoms with Gasteiger partial charge in [0.1, 0.15) is 23.4 Å². The van der Waals surface area contributed by atoms with Crippen LogP contribution in [0.5, 0.6) is 0 Å². The van der Waals surface area contributed by atoms with E-state index in [1.54, 1.807) is 13.0 Å². The van der Waals surface area contributed by atoms with Crippen LogP contribution in [0.4, 0.5) is 0 Å². The summed E-state index contributed by atoms with van der Waals surface area (Å²) in [7, 11) is 0. The van der Waals surface area contributed by atoms with Gasteiger partial charge in [-0.2, -0.15) is 0 Å². The number of carbonyl (C=O) groups is 2. The van der Waals surface area contributed by atoms with E-state index < -0.39 is 40.8 Å². The molecule has 0 bridgehead atoms.